The second-order valence-corrected chi connectivity index (χ2v) is 8.28. The number of halogens is 1. The van der Waals surface area contributed by atoms with E-state index < -0.39 is 15.9 Å². The molecule has 7 nitrogen and oxygen atoms in total. The quantitative estimate of drug-likeness (QED) is 0.565. The Kier molecular flexibility index (Phi) is 6.29. The van der Waals surface area contributed by atoms with Crippen LogP contribution in [0.3, 0.4) is 0 Å². The first-order valence-corrected chi connectivity index (χ1v) is 10.6. The summed E-state index contributed by atoms with van der Waals surface area (Å²) in [5.41, 5.74) is 6.76. The molecule has 0 aliphatic carbocycles. The highest BCUT2D eigenvalue weighted by atomic mass is 32.2. The molecule has 2 heterocycles. The second kappa shape index (κ2) is 8.71. The molecule has 3 aromatic rings. The van der Waals surface area contributed by atoms with Crippen molar-refractivity contribution in [3.8, 4) is 5.75 Å². The topological polar surface area (TPSA) is 100 Å². The van der Waals surface area contributed by atoms with E-state index in [0.29, 0.717) is 30.2 Å². The van der Waals surface area contributed by atoms with E-state index in [2.05, 4.69) is 9.97 Å². The standard InChI is InChI=1S/C20H23FN4O3S/c1-14(2)19-20(29(26,27)28-17-8-5-6-15(21)12-17)25(18(24-19)9-10-22)13-16-7-3-4-11-23-16/h3-8,11-12,14H,9-10,13,22H2,1-2H3. The van der Waals surface area contributed by atoms with Crippen LogP contribution < -0.4 is 9.92 Å². The van der Waals surface area contributed by atoms with Crippen LogP contribution >= 0.6 is 0 Å². The number of benzene rings is 1. The van der Waals surface area contributed by atoms with Crippen molar-refractivity contribution in [2.75, 3.05) is 6.54 Å². The fourth-order valence-corrected chi connectivity index (χ4v) is 4.38. The molecular weight excluding hydrogens is 395 g/mol. The minimum absolute atomic E-state index is 0.0640. The number of pyridine rings is 1. The zero-order valence-corrected chi connectivity index (χ0v) is 17.1. The summed E-state index contributed by atoms with van der Waals surface area (Å²) in [6, 6.07) is 10.4. The van der Waals surface area contributed by atoms with Crippen LogP contribution in [0.4, 0.5) is 4.39 Å². The Bertz CT molecular complexity index is 1080. The number of nitrogens with zero attached hydrogens (tertiary/aromatic N) is 3. The maximum atomic E-state index is 13.5. The van der Waals surface area contributed by atoms with E-state index >= 15 is 0 Å². The van der Waals surface area contributed by atoms with Crippen molar-refractivity contribution in [3.63, 3.8) is 0 Å². The number of imidazole rings is 1. The number of aromatic nitrogens is 3. The zero-order chi connectivity index (χ0) is 21.0. The van der Waals surface area contributed by atoms with Gasteiger partial charge in [-0.2, -0.15) is 8.42 Å². The molecule has 29 heavy (non-hydrogen) atoms. The Hall–Kier alpha value is -2.78. The van der Waals surface area contributed by atoms with Crippen LogP contribution in [0.5, 0.6) is 5.75 Å². The average Bonchev–Trinajstić information content (AvgIpc) is 3.02. The van der Waals surface area contributed by atoms with Gasteiger partial charge in [-0.15, -0.1) is 0 Å². The fraction of sp³-hybridized carbons (Fsp3) is 0.300. The van der Waals surface area contributed by atoms with Crippen molar-refractivity contribution in [3.05, 3.63) is 71.7 Å². The lowest BCUT2D eigenvalue weighted by Crippen LogP contribution is -2.20. The molecule has 0 aliphatic heterocycles. The molecule has 154 valence electrons. The minimum atomic E-state index is -4.29. The normalized spacial score (nSPS) is 11.8. The summed E-state index contributed by atoms with van der Waals surface area (Å²) >= 11 is 0. The monoisotopic (exact) mass is 418 g/mol. The fourth-order valence-electron chi connectivity index (χ4n) is 2.96. The van der Waals surface area contributed by atoms with Gasteiger partial charge < -0.3 is 14.5 Å². The molecule has 0 fully saturated rings. The van der Waals surface area contributed by atoms with Crippen molar-refractivity contribution in [2.45, 2.75) is 37.8 Å². The molecule has 0 atom stereocenters. The van der Waals surface area contributed by atoms with E-state index in [1.807, 2.05) is 19.9 Å². The molecule has 0 unspecified atom stereocenters. The summed E-state index contributed by atoms with van der Waals surface area (Å²) in [7, 11) is -4.29. The van der Waals surface area contributed by atoms with E-state index in [-0.39, 0.29) is 23.2 Å². The van der Waals surface area contributed by atoms with Crippen molar-refractivity contribution < 1.29 is 17.0 Å². The lowest BCUT2D eigenvalue weighted by molar-refractivity contribution is 0.468. The first kappa shape index (κ1) is 20.9. The molecule has 1 aromatic carbocycles. The van der Waals surface area contributed by atoms with Crippen molar-refractivity contribution in [2.24, 2.45) is 5.73 Å². The number of hydrogen-bond acceptors (Lipinski definition) is 6. The van der Waals surface area contributed by atoms with Gasteiger partial charge >= 0.3 is 10.1 Å². The Morgan fingerprint density at radius 1 is 1.21 bits per heavy atom. The Morgan fingerprint density at radius 2 is 2.00 bits per heavy atom. The molecule has 2 aromatic heterocycles. The van der Waals surface area contributed by atoms with E-state index in [1.165, 1.54) is 18.2 Å². The summed E-state index contributed by atoms with van der Waals surface area (Å²) in [6.45, 7) is 4.19. The third-order valence-electron chi connectivity index (χ3n) is 4.23. The molecule has 0 radical (unpaired) electrons. The van der Waals surface area contributed by atoms with Crippen LogP contribution in [0.25, 0.3) is 0 Å². The molecule has 0 saturated carbocycles. The molecule has 0 saturated heterocycles. The maximum absolute atomic E-state index is 13.5. The van der Waals surface area contributed by atoms with Gasteiger partial charge in [-0.3, -0.25) is 4.98 Å². The summed E-state index contributed by atoms with van der Waals surface area (Å²) in [5, 5.41) is -0.0640. The van der Waals surface area contributed by atoms with Gasteiger partial charge in [0, 0.05) is 18.7 Å². The van der Waals surface area contributed by atoms with E-state index in [0.717, 1.165) is 6.07 Å². The summed E-state index contributed by atoms with van der Waals surface area (Å²) in [6.07, 6.45) is 2.03. The van der Waals surface area contributed by atoms with Crippen LogP contribution in [-0.2, 0) is 23.1 Å². The van der Waals surface area contributed by atoms with Gasteiger partial charge in [0.05, 0.1) is 17.9 Å². The van der Waals surface area contributed by atoms with E-state index in [4.69, 9.17) is 9.92 Å². The molecule has 2 N–H and O–H groups in total. The van der Waals surface area contributed by atoms with Crippen LogP contribution in [0, 0.1) is 5.82 Å². The van der Waals surface area contributed by atoms with Crippen molar-refractivity contribution in [1.29, 1.82) is 0 Å². The van der Waals surface area contributed by atoms with Crippen molar-refractivity contribution in [1.82, 2.24) is 14.5 Å². The number of nitrogens with two attached hydrogens (primary N) is 1. The maximum Gasteiger partial charge on any atom is 0.357 e. The molecule has 0 aliphatic rings. The van der Waals surface area contributed by atoms with Gasteiger partial charge in [-0.25, -0.2) is 9.37 Å². The smallest absolute Gasteiger partial charge is 0.357 e. The largest absolute Gasteiger partial charge is 0.378 e. The van der Waals surface area contributed by atoms with Gasteiger partial charge in [0.25, 0.3) is 0 Å². The molecule has 9 heteroatoms. The van der Waals surface area contributed by atoms with Crippen molar-refractivity contribution >= 4 is 10.1 Å². The molecule has 0 spiro atoms. The number of rotatable bonds is 8. The highest BCUT2D eigenvalue weighted by Gasteiger charge is 2.31. The Labute approximate surface area is 169 Å². The summed E-state index contributed by atoms with van der Waals surface area (Å²) in [4.78, 5) is 8.83. The molecule has 0 amide bonds. The predicted octanol–water partition coefficient (Wildman–Crippen LogP) is 2.86. The Morgan fingerprint density at radius 3 is 2.62 bits per heavy atom. The van der Waals surface area contributed by atoms with Gasteiger partial charge in [0.1, 0.15) is 17.4 Å². The van der Waals surface area contributed by atoms with Gasteiger partial charge in [0.15, 0.2) is 5.03 Å². The van der Waals surface area contributed by atoms with E-state index in [1.54, 1.807) is 22.9 Å². The predicted molar refractivity (Wildman–Crippen MR) is 107 cm³/mol. The zero-order valence-electron chi connectivity index (χ0n) is 16.2. The molecular formula is C20H23FN4O3S. The van der Waals surface area contributed by atoms with Gasteiger partial charge in [-0.05, 0) is 36.7 Å². The Balaban J connectivity index is 2.13. The first-order valence-electron chi connectivity index (χ1n) is 9.21. The average molecular weight is 418 g/mol. The van der Waals surface area contributed by atoms with Crippen LogP contribution in [0.2, 0.25) is 0 Å². The van der Waals surface area contributed by atoms with Crippen LogP contribution in [0.15, 0.2) is 53.7 Å². The third kappa shape index (κ3) is 4.80. The lowest BCUT2D eigenvalue weighted by atomic mass is 10.1. The highest BCUT2D eigenvalue weighted by Crippen LogP contribution is 2.29. The molecule has 0 bridgehead atoms. The first-order chi connectivity index (χ1) is 13.8. The highest BCUT2D eigenvalue weighted by molar-refractivity contribution is 7.87. The van der Waals surface area contributed by atoms with Crippen LogP contribution in [-0.4, -0.2) is 29.5 Å². The molecule has 3 rings (SSSR count). The van der Waals surface area contributed by atoms with Gasteiger partial charge in [-0.1, -0.05) is 26.0 Å². The third-order valence-corrected chi connectivity index (χ3v) is 5.54. The lowest BCUT2D eigenvalue weighted by Gasteiger charge is -2.14. The minimum Gasteiger partial charge on any atom is -0.378 e. The second-order valence-electron chi connectivity index (χ2n) is 6.81. The SMILES string of the molecule is CC(C)c1nc(CCN)n(Cc2ccccn2)c1S(=O)(=O)Oc1cccc(F)c1. The number of hydrogen-bond donors (Lipinski definition) is 1. The van der Waals surface area contributed by atoms with E-state index in [9.17, 15) is 12.8 Å². The van der Waals surface area contributed by atoms with Gasteiger partial charge in [0.2, 0.25) is 0 Å². The summed E-state index contributed by atoms with van der Waals surface area (Å²) < 4.78 is 46.7. The summed E-state index contributed by atoms with van der Waals surface area (Å²) in [5.74, 6) is -0.348. The van der Waals surface area contributed by atoms with Crippen LogP contribution in [0.1, 0.15) is 37.0 Å².